The maximum absolute atomic E-state index is 12.8. The molecular formula is C17H29N3O. The van der Waals surface area contributed by atoms with Crippen LogP contribution in [0.1, 0.15) is 64.6 Å². The largest absolute Gasteiger partial charge is 0.316 e. The van der Waals surface area contributed by atoms with E-state index in [0.717, 1.165) is 50.9 Å². The fourth-order valence-corrected chi connectivity index (χ4v) is 3.29. The van der Waals surface area contributed by atoms with E-state index >= 15 is 0 Å². The van der Waals surface area contributed by atoms with Gasteiger partial charge in [0.15, 0.2) is 0 Å². The Bertz CT molecular complexity index is 455. The number of carbonyl (C=O) groups is 1. The van der Waals surface area contributed by atoms with Gasteiger partial charge in [-0.2, -0.15) is 5.10 Å². The predicted molar refractivity (Wildman–Crippen MR) is 85.4 cm³/mol. The van der Waals surface area contributed by atoms with E-state index in [2.05, 4.69) is 31.2 Å². The maximum atomic E-state index is 12.8. The summed E-state index contributed by atoms with van der Waals surface area (Å²) >= 11 is 0. The summed E-state index contributed by atoms with van der Waals surface area (Å²) < 4.78 is 1.98. The Morgan fingerprint density at radius 3 is 2.95 bits per heavy atom. The first kappa shape index (κ1) is 16.2. The Labute approximate surface area is 128 Å². The quantitative estimate of drug-likeness (QED) is 0.839. The predicted octanol–water partition coefficient (Wildman–Crippen LogP) is 3.14. The van der Waals surface area contributed by atoms with Crippen molar-refractivity contribution in [2.45, 2.75) is 65.3 Å². The molecule has 0 bridgehead atoms. The number of hydrogen-bond donors (Lipinski definition) is 1. The van der Waals surface area contributed by atoms with E-state index in [1.54, 1.807) is 0 Å². The number of ketones is 1. The molecule has 1 aromatic rings. The summed E-state index contributed by atoms with van der Waals surface area (Å²) in [7, 11) is 0. The van der Waals surface area contributed by atoms with Crippen molar-refractivity contribution in [1.82, 2.24) is 15.1 Å². The number of nitrogens with one attached hydrogen (secondary N) is 1. The molecule has 0 radical (unpaired) electrons. The first-order chi connectivity index (χ1) is 10.1. The van der Waals surface area contributed by atoms with Gasteiger partial charge in [-0.25, -0.2) is 0 Å². The van der Waals surface area contributed by atoms with Crippen LogP contribution in [0.3, 0.4) is 0 Å². The lowest BCUT2D eigenvalue weighted by atomic mass is 9.72. The third-order valence-corrected chi connectivity index (χ3v) is 4.84. The Hall–Kier alpha value is -1.16. The van der Waals surface area contributed by atoms with Crippen LogP contribution < -0.4 is 5.32 Å². The number of piperidine rings is 1. The molecule has 1 aliphatic rings. The van der Waals surface area contributed by atoms with Crippen molar-refractivity contribution in [2.24, 2.45) is 5.41 Å². The molecule has 0 saturated carbocycles. The van der Waals surface area contributed by atoms with Gasteiger partial charge in [0.25, 0.3) is 0 Å². The molecule has 0 aromatic carbocycles. The smallest absolute Gasteiger partial charge is 0.146 e. The molecule has 2 unspecified atom stereocenters. The second-order valence-corrected chi connectivity index (χ2v) is 6.45. The molecule has 0 amide bonds. The van der Waals surface area contributed by atoms with E-state index < -0.39 is 0 Å². The fraction of sp³-hybridized carbons (Fsp3) is 0.765. The first-order valence-electron chi connectivity index (χ1n) is 8.39. The number of Topliss-reactive ketones (excluding diaryl/α,β-unsaturated/α-hetero) is 1. The van der Waals surface area contributed by atoms with Crippen molar-refractivity contribution in [3.63, 3.8) is 0 Å². The van der Waals surface area contributed by atoms with Gasteiger partial charge in [0, 0.05) is 24.2 Å². The molecule has 2 atom stereocenters. The zero-order valence-corrected chi connectivity index (χ0v) is 13.7. The highest BCUT2D eigenvalue weighted by molar-refractivity contribution is 5.86. The van der Waals surface area contributed by atoms with Crippen molar-refractivity contribution in [1.29, 1.82) is 0 Å². The normalized spacial score (nSPS) is 24.0. The van der Waals surface area contributed by atoms with E-state index in [4.69, 9.17) is 0 Å². The number of rotatable bonds is 7. The van der Waals surface area contributed by atoms with E-state index in [1.165, 1.54) is 0 Å². The van der Waals surface area contributed by atoms with Gasteiger partial charge in [0.1, 0.15) is 5.78 Å². The molecular weight excluding hydrogens is 262 g/mol. The summed E-state index contributed by atoms with van der Waals surface area (Å²) in [5.74, 6) is 0.367. The fourth-order valence-electron chi connectivity index (χ4n) is 3.29. The number of nitrogens with zero attached hydrogens (tertiary/aromatic N) is 2. The van der Waals surface area contributed by atoms with Gasteiger partial charge in [-0.05, 0) is 45.2 Å². The van der Waals surface area contributed by atoms with Gasteiger partial charge in [-0.3, -0.25) is 9.48 Å². The Morgan fingerprint density at radius 1 is 1.52 bits per heavy atom. The average Bonchev–Trinajstić information content (AvgIpc) is 2.96. The molecule has 1 fully saturated rings. The number of carbonyl (C=O) groups excluding carboxylic acids is 1. The van der Waals surface area contributed by atoms with Crippen molar-refractivity contribution in [2.75, 3.05) is 13.1 Å². The van der Waals surface area contributed by atoms with Crippen LogP contribution in [-0.4, -0.2) is 28.7 Å². The Balaban J connectivity index is 2.06. The summed E-state index contributed by atoms with van der Waals surface area (Å²) in [5, 5.41) is 8.00. The molecule has 0 aliphatic carbocycles. The van der Waals surface area contributed by atoms with Gasteiger partial charge < -0.3 is 5.32 Å². The third-order valence-electron chi connectivity index (χ3n) is 4.84. The minimum atomic E-state index is -0.160. The average molecular weight is 291 g/mol. The van der Waals surface area contributed by atoms with Crippen LogP contribution >= 0.6 is 0 Å². The summed E-state index contributed by atoms with van der Waals surface area (Å²) in [6.07, 6.45) is 7.72. The van der Waals surface area contributed by atoms with Gasteiger partial charge in [-0.1, -0.05) is 20.3 Å². The minimum Gasteiger partial charge on any atom is -0.316 e. The van der Waals surface area contributed by atoms with Crippen molar-refractivity contribution in [3.05, 3.63) is 18.0 Å². The molecule has 1 aliphatic heterocycles. The second-order valence-electron chi connectivity index (χ2n) is 6.45. The molecule has 1 N–H and O–H groups in total. The van der Waals surface area contributed by atoms with E-state index in [-0.39, 0.29) is 5.41 Å². The monoisotopic (exact) mass is 291 g/mol. The van der Waals surface area contributed by atoms with Crippen LogP contribution in [0.15, 0.2) is 12.3 Å². The third kappa shape index (κ3) is 3.73. The van der Waals surface area contributed by atoms with Gasteiger partial charge in [0.2, 0.25) is 0 Å². The molecule has 2 heterocycles. The number of aromatic nitrogens is 2. The van der Waals surface area contributed by atoms with Crippen LogP contribution in [0.4, 0.5) is 0 Å². The first-order valence-corrected chi connectivity index (χ1v) is 8.39. The summed E-state index contributed by atoms with van der Waals surface area (Å²) in [5.41, 5.74) is 0.758. The van der Waals surface area contributed by atoms with Crippen LogP contribution in [0.25, 0.3) is 0 Å². The number of hydrogen-bond acceptors (Lipinski definition) is 3. The molecule has 2 rings (SSSR count). The van der Waals surface area contributed by atoms with Crippen LogP contribution in [0, 0.1) is 5.41 Å². The van der Waals surface area contributed by atoms with E-state index in [0.29, 0.717) is 18.2 Å². The van der Waals surface area contributed by atoms with Gasteiger partial charge in [0.05, 0.1) is 12.1 Å². The molecule has 4 nitrogen and oxygen atoms in total. The molecule has 118 valence electrons. The molecule has 1 saturated heterocycles. The molecule has 1 aromatic heterocycles. The lowest BCUT2D eigenvalue weighted by Crippen LogP contribution is -2.46. The standard InChI is InChI=1S/C17H29N3O/c1-4-8-17(9-6-10-18-13-17)16(21)12-15-7-11-20(19-15)14(3)5-2/h7,11,14,18H,4-6,8-10,12-13H2,1-3H3. The minimum absolute atomic E-state index is 0.160. The Morgan fingerprint density at radius 2 is 2.33 bits per heavy atom. The Kier molecular flexibility index (Phi) is 5.57. The highest BCUT2D eigenvalue weighted by atomic mass is 16.1. The lowest BCUT2D eigenvalue weighted by Gasteiger charge is -2.36. The summed E-state index contributed by atoms with van der Waals surface area (Å²) in [6, 6.07) is 2.40. The molecule has 0 spiro atoms. The van der Waals surface area contributed by atoms with Gasteiger partial charge in [-0.15, -0.1) is 0 Å². The maximum Gasteiger partial charge on any atom is 0.146 e. The van der Waals surface area contributed by atoms with E-state index in [1.807, 2.05) is 16.9 Å². The van der Waals surface area contributed by atoms with E-state index in [9.17, 15) is 4.79 Å². The van der Waals surface area contributed by atoms with Crippen LogP contribution in [-0.2, 0) is 11.2 Å². The van der Waals surface area contributed by atoms with Gasteiger partial charge >= 0.3 is 0 Å². The van der Waals surface area contributed by atoms with Crippen molar-refractivity contribution in [3.8, 4) is 0 Å². The molecule has 21 heavy (non-hydrogen) atoms. The highest BCUT2D eigenvalue weighted by Crippen LogP contribution is 2.33. The van der Waals surface area contributed by atoms with Crippen molar-refractivity contribution < 1.29 is 4.79 Å². The molecule has 4 heteroatoms. The lowest BCUT2D eigenvalue weighted by molar-refractivity contribution is -0.129. The van der Waals surface area contributed by atoms with Crippen LogP contribution in [0.2, 0.25) is 0 Å². The summed E-state index contributed by atoms with van der Waals surface area (Å²) in [6.45, 7) is 8.36. The highest BCUT2D eigenvalue weighted by Gasteiger charge is 2.38. The van der Waals surface area contributed by atoms with Crippen molar-refractivity contribution >= 4 is 5.78 Å². The SMILES string of the molecule is CCCC1(C(=O)Cc2ccn(C(C)CC)n2)CCCNC1. The zero-order valence-electron chi connectivity index (χ0n) is 13.7. The topological polar surface area (TPSA) is 46.9 Å². The van der Waals surface area contributed by atoms with Crippen LogP contribution in [0.5, 0.6) is 0 Å². The zero-order chi connectivity index (χ0) is 15.3. The summed E-state index contributed by atoms with van der Waals surface area (Å²) in [4.78, 5) is 12.8. The second kappa shape index (κ2) is 7.21.